The number of anilines is 2. The Morgan fingerprint density at radius 2 is 1.69 bits per heavy atom. The molecule has 0 spiro atoms. The highest BCUT2D eigenvalue weighted by Crippen LogP contribution is 2.34. The average molecular weight is 429 g/mol. The van der Waals surface area contributed by atoms with Crippen molar-refractivity contribution in [1.82, 2.24) is 14.5 Å². The van der Waals surface area contributed by atoms with Gasteiger partial charge in [0.25, 0.3) is 5.56 Å². The standard InChI is InChI=1S/C27H32N4O/c1-19-10-9-15-25(20(19)2)30-17-29(23-13-7-8-14-23)18-31-26(32)24(21(3)28-27(30)31)16-22-11-5-4-6-12-22/h4-6,9-12,15,23H,7-8,13-14,16-18H2,1-3H3. The second kappa shape index (κ2) is 8.55. The van der Waals surface area contributed by atoms with Crippen LogP contribution in [0.15, 0.2) is 53.3 Å². The van der Waals surface area contributed by atoms with Crippen LogP contribution >= 0.6 is 0 Å². The van der Waals surface area contributed by atoms with Crippen molar-refractivity contribution in [3.63, 3.8) is 0 Å². The van der Waals surface area contributed by atoms with Gasteiger partial charge in [-0.3, -0.25) is 19.2 Å². The topological polar surface area (TPSA) is 41.4 Å². The molecule has 2 heterocycles. The van der Waals surface area contributed by atoms with Gasteiger partial charge >= 0.3 is 0 Å². The second-order valence-electron chi connectivity index (χ2n) is 9.33. The third kappa shape index (κ3) is 3.75. The van der Waals surface area contributed by atoms with Gasteiger partial charge in [-0.1, -0.05) is 55.3 Å². The molecule has 2 aromatic carbocycles. The molecule has 5 rings (SSSR count). The fraction of sp³-hybridized carbons (Fsp3) is 0.407. The van der Waals surface area contributed by atoms with Gasteiger partial charge in [0.1, 0.15) is 0 Å². The molecule has 0 N–H and O–H groups in total. The minimum Gasteiger partial charge on any atom is -0.298 e. The maximum absolute atomic E-state index is 13.8. The van der Waals surface area contributed by atoms with E-state index in [2.05, 4.69) is 54.0 Å². The molecule has 1 aromatic heterocycles. The monoisotopic (exact) mass is 428 g/mol. The van der Waals surface area contributed by atoms with Crippen LogP contribution in [0.3, 0.4) is 0 Å². The van der Waals surface area contributed by atoms with E-state index >= 15 is 0 Å². The fourth-order valence-corrected chi connectivity index (χ4v) is 5.21. The van der Waals surface area contributed by atoms with Crippen molar-refractivity contribution >= 4 is 11.6 Å². The first-order chi connectivity index (χ1) is 15.5. The summed E-state index contributed by atoms with van der Waals surface area (Å²) in [5.41, 5.74) is 6.51. The number of fused-ring (bicyclic) bond motifs is 1. The maximum Gasteiger partial charge on any atom is 0.259 e. The molecular weight excluding hydrogens is 396 g/mol. The van der Waals surface area contributed by atoms with Crippen LogP contribution in [-0.2, 0) is 13.1 Å². The number of rotatable bonds is 4. The van der Waals surface area contributed by atoms with Gasteiger partial charge in [0, 0.05) is 23.7 Å². The van der Waals surface area contributed by atoms with E-state index in [-0.39, 0.29) is 5.56 Å². The number of hydrogen-bond acceptors (Lipinski definition) is 4. The predicted octanol–water partition coefficient (Wildman–Crippen LogP) is 5.07. The Hall–Kier alpha value is -2.92. The Kier molecular flexibility index (Phi) is 5.60. The molecule has 5 nitrogen and oxygen atoms in total. The first-order valence-electron chi connectivity index (χ1n) is 11.7. The first-order valence-corrected chi connectivity index (χ1v) is 11.7. The minimum atomic E-state index is 0.0920. The van der Waals surface area contributed by atoms with E-state index < -0.39 is 0 Å². The van der Waals surface area contributed by atoms with Gasteiger partial charge in [0.2, 0.25) is 5.95 Å². The van der Waals surface area contributed by atoms with Gasteiger partial charge in [0.15, 0.2) is 0 Å². The molecule has 1 saturated carbocycles. The summed E-state index contributed by atoms with van der Waals surface area (Å²) in [5.74, 6) is 0.771. The molecule has 5 heteroatoms. The highest BCUT2D eigenvalue weighted by Gasteiger charge is 2.33. The van der Waals surface area contributed by atoms with Crippen LogP contribution in [-0.4, -0.2) is 27.2 Å². The molecule has 0 saturated heterocycles. The first kappa shape index (κ1) is 21.0. The number of benzene rings is 2. The van der Waals surface area contributed by atoms with Crippen LogP contribution in [0, 0.1) is 20.8 Å². The summed E-state index contributed by atoms with van der Waals surface area (Å²) in [5, 5.41) is 0. The Bertz CT molecular complexity index is 1180. The summed E-state index contributed by atoms with van der Waals surface area (Å²) in [7, 11) is 0. The lowest BCUT2D eigenvalue weighted by molar-refractivity contribution is 0.138. The Morgan fingerprint density at radius 1 is 0.938 bits per heavy atom. The van der Waals surface area contributed by atoms with Crippen molar-refractivity contribution in [3.8, 4) is 0 Å². The predicted molar refractivity (Wildman–Crippen MR) is 129 cm³/mol. The highest BCUT2D eigenvalue weighted by molar-refractivity contribution is 5.64. The molecule has 166 valence electrons. The van der Waals surface area contributed by atoms with E-state index in [0.717, 1.165) is 35.1 Å². The average Bonchev–Trinajstić information content (AvgIpc) is 3.34. The Balaban J connectivity index is 1.63. The molecule has 0 amide bonds. The van der Waals surface area contributed by atoms with Crippen molar-refractivity contribution in [2.75, 3.05) is 11.6 Å². The van der Waals surface area contributed by atoms with E-state index in [1.165, 1.54) is 36.8 Å². The lowest BCUT2D eigenvalue weighted by atomic mass is 10.0. The second-order valence-corrected chi connectivity index (χ2v) is 9.33. The molecular formula is C27H32N4O. The zero-order chi connectivity index (χ0) is 22.2. The summed E-state index contributed by atoms with van der Waals surface area (Å²) < 4.78 is 1.91. The molecule has 0 bridgehead atoms. The van der Waals surface area contributed by atoms with Crippen LogP contribution in [0.25, 0.3) is 0 Å². The summed E-state index contributed by atoms with van der Waals surface area (Å²) in [6.45, 7) is 7.68. The summed E-state index contributed by atoms with van der Waals surface area (Å²) in [4.78, 5) is 23.6. The molecule has 2 aliphatic rings. The van der Waals surface area contributed by atoms with Crippen molar-refractivity contribution in [3.05, 3.63) is 86.8 Å². The van der Waals surface area contributed by atoms with Crippen LogP contribution in [0.1, 0.15) is 53.6 Å². The van der Waals surface area contributed by atoms with E-state index in [1.807, 2.05) is 29.7 Å². The van der Waals surface area contributed by atoms with Gasteiger partial charge in [-0.15, -0.1) is 0 Å². The van der Waals surface area contributed by atoms with E-state index in [9.17, 15) is 4.79 Å². The van der Waals surface area contributed by atoms with Crippen LogP contribution in [0.5, 0.6) is 0 Å². The van der Waals surface area contributed by atoms with Gasteiger partial charge in [-0.2, -0.15) is 0 Å². The summed E-state index contributed by atoms with van der Waals surface area (Å²) in [6.07, 6.45) is 5.59. The quantitative estimate of drug-likeness (QED) is 0.582. The minimum absolute atomic E-state index is 0.0920. The SMILES string of the molecule is Cc1cccc(N2CN(C3CCCC3)Cn3c2nc(C)c(Cc2ccccc2)c3=O)c1C. The van der Waals surface area contributed by atoms with Gasteiger partial charge in [-0.05, 0) is 56.4 Å². The van der Waals surface area contributed by atoms with Gasteiger partial charge in [0.05, 0.1) is 19.0 Å². The number of aromatic nitrogens is 2. The zero-order valence-corrected chi connectivity index (χ0v) is 19.3. The Morgan fingerprint density at radius 3 is 2.44 bits per heavy atom. The maximum atomic E-state index is 13.8. The van der Waals surface area contributed by atoms with Gasteiger partial charge < -0.3 is 0 Å². The van der Waals surface area contributed by atoms with E-state index in [4.69, 9.17) is 4.98 Å². The van der Waals surface area contributed by atoms with Crippen molar-refractivity contribution in [1.29, 1.82) is 0 Å². The van der Waals surface area contributed by atoms with E-state index in [1.54, 1.807) is 0 Å². The molecule has 1 aliphatic heterocycles. The van der Waals surface area contributed by atoms with E-state index in [0.29, 0.717) is 19.1 Å². The molecule has 0 unspecified atom stereocenters. The van der Waals surface area contributed by atoms with Gasteiger partial charge in [-0.25, -0.2) is 4.98 Å². The summed E-state index contributed by atoms with van der Waals surface area (Å²) >= 11 is 0. The Labute approximate surface area is 190 Å². The summed E-state index contributed by atoms with van der Waals surface area (Å²) in [6, 6.07) is 17.2. The van der Waals surface area contributed by atoms with Crippen molar-refractivity contribution in [2.24, 2.45) is 0 Å². The highest BCUT2D eigenvalue weighted by atomic mass is 16.1. The zero-order valence-electron chi connectivity index (χ0n) is 19.3. The largest absolute Gasteiger partial charge is 0.298 e. The lowest BCUT2D eigenvalue weighted by Crippen LogP contribution is -2.51. The lowest BCUT2D eigenvalue weighted by Gasteiger charge is -2.41. The number of aryl methyl sites for hydroxylation is 2. The smallest absolute Gasteiger partial charge is 0.259 e. The van der Waals surface area contributed by atoms with Crippen LogP contribution in [0.2, 0.25) is 0 Å². The van der Waals surface area contributed by atoms with Crippen LogP contribution in [0.4, 0.5) is 11.6 Å². The fourth-order valence-electron chi connectivity index (χ4n) is 5.21. The third-order valence-corrected chi connectivity index (χ3v) is 7.27. The molecule has 0 atom stereocenters. The molecule has 3 aromatic rings. The van der Waals surface area contributed by atoms with Crippen molar-refractivity contribution < 1.29 is 0 Å². The number of hydrogen-bond donors (Lipinski definition) is 0. The third-order valence-electron chi connectivity index (χ3n) is 7.27. The van der Waals surface area contributed by atoms with Crippen molar-refractivity contribution in [2.45, 2.75) is 65.6 Å². The normalized spacial score (nSPS) is 17.0. The van der Waals surface area contributed by atoms with Crippen LogP contribution < -0.4 is 10.5 Å². The molecule has 1 fully saturated rings. The molecule has 0 radical (unpaired) electrons. The molecule has 1 aliphatic carbocycles. The molecule has 32 heavy (non-hydrogen) atoms. The number of nitrogens with zero attached hydrogens (tertiary/aromatic N) is 4.